The minimum Gasteiger partial charge on any atom is -0.495 e. The predicted molar refractivity (Wildman–Crippen MR) is 81.4 cm³/mol. The molecule has 0 amide bonds. The Kier molecular flexibility index (Phi) is 4.28. The molecule has 1 unspecified atom stereocenters. The van der Waals surface area contributed by atoms with Crippen molar-refractivity contribution in [1.29, 1.82) is 0 Å². The van der Waals surface area contributed by atoms with Crippen molar-refractivity contribution in [1.82, 2.24) is 0 Å². The largest absolute Gasteiger partial charge is 0.495 e. The Morgan fingerprint density at radius 1 is 1.32 bits per heavy atom. The minimum absolute atomic E-state index is 0.0521. The summed E-state index contributed by atoms with van der Waals surface area (Å²) in [6.45, 7) is 1.67. The number of hydrogen-bond donors (Lipinski definition) is 2. The summed E-state index contributed by atoms with van der Waals surface area (Å²) in [5, 5.41) is 19.3. The van der Waals surface area contributed by atoms with Crippen LogP contribution >= 0.6 is 11.6 Å². The number of carboxylic acids is 2. The Morgan fingerprint density at radius 2 is 2.00 bits per heavy atom. The zero-order valence-corrected chi connectivity index (χ0v) is 12.8. The van der Waals surface area contributed by atoms with Gasteiger partial charge in [-0.15, -0.1) is 0 Å². The lowest BCUT2D eigenvalue weighted by molar-refractivity contribution is -0.142. The highest BCUT2D eigenvalue weighted by Crippen LogP contribution is 2.40. The van der Waals surface area contributed by atoms with Crippen molar-refractivity contribution in [3.05, 3.63) is 52.1 Å². The van der Waals surface area contributed by atoms with E-state index in [2.05, 4.69) is 0 Å². The third-order valence-corrected chi connectivity index (χ3v) is 3.98. The molecular weight excluding hydrogens is 308 g/mol. The van der Waals surface area contributed by atoms with E-state index in [1.165, 1.54) is 19.3 Å². The fourth-order valence-electron chi connectivity index (χ4n) is 2.63. The summed E-state index contributed by atoms with van der Waals surface area (Å²) in [5.74, 6) is -1.90. The molecule has 0 radical (unpaired) electrons. The van der Waals surface area contributed by atoms with Gasteiger partial charge >= 0.3 is 11.9 Å². The maximum absolute atomic E-state index is 11.9. The standard InChI is InChI=1S/C16H15ClO5/c1-9-5-10(14(18)19)8-16(7-9,15(20)21)11-3-4-12(17)13(6-11)22-2/h3-7H,8H2,1-2H3,(H,18,19)(H,20,21). The monoisotopic (exact) mass is 322 g/mol. The number of methoxy groups -OCH3 is 1. The van der Waals surface area contributed by atoms with Gasteiger partial charge in [0.15, 0.2) is 0 Å². The Hall–Kier alpha value is -2.27. The van der Waals surface area contributed by atoms with Gasteiger partial charge in [-0.05, 0) is 30.7 Å². The Labute approximate surface area is 132 Å². The van der Waals surface area contributed by atoms with Crippen molar-refractivity contribution in [2.24, 2.45) is 0 Å². The normalized spacial score (nSPS) is 20.9. The second-order valence-corrected chi connectivity index (χ2v) is 5.57. The molecule has 0 aromatic heterocycles. The van der Waals surface area contributed by atoms with E-state index in [4.69, 9.17) is 16.3 Å². The van der Waals surface area contributed by atoms with Crippen molar-refractivity contribution >= 4 is 23.5 Å². The van der Waals surface area contributed by atoms with E-state index in [0.717, 1.165) is 0 Å². The van der Waals surface area contributed by atoms with Gasteiger partial charge in [-0.25, -0.2) is 4.79 Å². The number of ether oxygens (including phenoxy) is 1. The fourth-order valence-corrected chi connectivity index (χ4v) is 2.82. The van der Waals surface area contributed by atoms with Gasteiger partial charge in [0.05, 0.1) is 12.1 Å². The summed E-state index contributed by atoms with van der Waals surface area (Å²) >= 11 is 5.97. The van der Waals surface area contributed by atoms with Crippen LogP contribution in [0.25, 0.3) is 0 Å². The molecule has 0 aliphatic heterocycles. The number of benzene rings is 1. The van der Waals surface area contributed by atoms with Crippen molar-refractivity contribution < 1.29 is 24.5 Å². The van der Waals surface area contributed by atoms with Crippen LogP contribution in [-0.2, 0) is 15.0 Å². The maximum atomic E-state index is 11.9. The molecular formula is C16H15ClO5. The van der Waals surface area contributed by atoms with E-state index in [0.29, 0.717) is 21.9 Å². The van der Waals surface area contributed by atoms with Crippen LogP contribution in [0.2, 0.25) is 5.02 Å². The van der Waals surface area contributed by atoms with Crippen LogP contribution in [0.15, 0.2) is 41.5 Å². The van der Waals surface area contributed by atoms with Crippen molar-refractivity contribution in [2.75, 3.05) is 7.11 Å². The average molecular weight is 323 g/mol. The predicted octanol–water partition coefficient (Wildman–Crippen LogP) is 3.03. The maximum Gasteiger partial charge on any atom is 0.331 e. The van der Waals surface area contributed by atoms with Crippen LogP contribution in [0.1, 0.15) is 18.9 Å². The van der Waals surface area contributed by atoms with Crippen LogP contribution in [0.4, 0.5) is 0 Å². The molecule has 116 valence electrons. The molecule has 0 heterocycles. The molecule has 0 fully saturated rings. The zero-order chi connectivity index (χ0) is 16.5. The number of halogens is 1. The van der Waals surface area contributed by atoms with Gasteiger partial charge in [-0.2, -0.15) is 0 Å². The highest BCUT2D eigenvalue weighted by Gasteiger charge is 2.42. The highest BCUT2D eigenvalue weighted by atomic mass is 35.5. The van der Waals surface area contributed by atoms with Gasteiger partial charge in [-0.1, -0.05) is 29.3 Å². The van der Waals surface area contributed by atoms with Gasteiger partial charge in [0.1, 0.15) is 11.2 Å². The number of aliphatic carboxylic acids is 2. The number of rotatable bonds is 4. The van der Waals surface area contributed by atoms with E-state index in [9.17, 15) is 19.8 Å². The van der Waals surface area contributed by atoms with Gasteiger partial charge in [0.25, 0.3) is 0 Å². The minimum atomic E-state index is -1.45. The summed E-state index contributed by atoms with van der Waals surface area (Å²) in [7, 11) is 1.43. The fraction of sp³-hybridized carbons (Fsp3) is 0.250. The molecule has 1 atom stereocenters. The highest BCUT2D eigenvalue weighted by molar-refractivity contribution is 6.32. The molecule has 1 aromatic carbocycles. The number of carboxylic acid groups (broad SMARTS) is 2. The summed E-state index contributed by atoms with van der Waals surface area (Å²) in [6.07, 6.45) is 2.90. The first-order valence-corrected chi connectivity index (χ1v) is 6.88. The lowest BCUT2D eigenvalue weighted by atomic mass is 9.71. The number of allylic oxidation sites excluding steroid dienone is 2. The second-order valence-electron chi connectivity index (χ2n) is 5.17. The number of hydrogen-bond acceptors (Lipinski definition) is 3. The smallest absolute Gasteiger partial charge is 0.331 e. The summed E-state index contributed by atoms with van der Waals surface area (Å²) < 4.78 is 5.13. The zero-order valence-electron chi connectivity index (χ0n) is 12.1. The van der Waals surface area contributed by atoms with Crippen molar-refractivity contribution in [3.63, 3.8) is 0 Å². The molecule has 1 aliphatic rings. The topological polar surface area (TPSA) is 83.8 Å². The van der Waals surface area contributed by atoms with E-state index < -0.39 is 17.4 Å². The molecule has 22 heavy (non-hydrogen) atoms. The third kappa shape index (κ3) is 2.72. The van der Waals surface area contributed by atoms with Crippen LogP contribution in [0.3, 0.4) is 0 Å². The molecule has 0 saturated carbocycles. The quantitative estimate of drug-likeness (QED) is 0.890. The molecule has 2 N–H and O–H groups in total. The van der Waals surface area contributed by atoms with Gasteiger partial charge < -0.3 is 14.9 Å². The van der Waals surface area contributed by atoms with Crippen molar-refractivity contribution in [3.8, 4) is 5.75 Å². The molecule has 6 heteroatoms. The van der Waals surface area contributed by atoms with Gasteiger partial charge in [0.2, 0.25) is 0 Å². The SMILES string of the molecule is COc1cc(C2(C(=O)O)C=C(C)C=C(C(=O)O)C2)ccc1Cl. The first kappa shape index (κ1) is 16.1. The lowest BCUT2D eigenvalue weighted by Gasteiger charge is -2.30. The van der Waals surface area contributed by atoms with E-state index in [-0.39, 0.29) is 12.0 Å². The summed E-state index contributed by atoms with van der Waals surface area (Å²) in [6, 6.07) is 4.65. The van der Waals surface area contributed by atoms with Crippen LogP contribution < -0.4 is 4.74 Å². The van der Waals surface area contributed by atoms with Crippen LogP contribution in [-0.4, -0.2) is 29.3 Å². The van der Waals surface area contributed by atoms with E-state index in [1.807, 2.05) is 0 Å². The number of carbonyl (C=O) groups is 2. The molecule has 0 bridgehead atoms. The summed E-state index contributed by atoms with van der Waals surface area (Å²) in [5.41, 5.74) is -0.395. The van der Waals surface area contributed by atoms with Gasteiger partial charge in [-0.3, -0.25) is 4.79 Å². The molecule has 0 spiro atoms. The van der Waals surface area contributed by atoms with Crippen LogP contribution in [0.5, 0.6) is 5.75 Å². The van der Waals surface area contributed by atoms with Crippen molar-refractivity contribution in [2.45, 2.75) is 18.8 Å². The first-order valence-electron chi connectivity index (χ1n) is 6.51. The molecule has 5 nitrogen and oxygen atoms in total. The van der Waals surface area contributed by atoms with Crippen LogP contribution in [0, 0.1) is 0 Å². The second kappa shape index (κ2) is 5.85. The Bertz CT molecular complexity index is 704. The Morgan fingerprint density at radius 3 is 2.55 bits per heavy atom. The molecule has 2 rings (SSSR count). The average Bonchev–Trinajstić information content (AvgIpc) is 2.46. The van der Waals surface area contributed by atoms with E-state index in [1.54, 1.807) is 25.1 Å². The summed E-state index contributed by atoms with van der Waals surface area (Å²) in [4.78, 5) is 23.2. The molecule has 1 aromatic rings. The Balaban J connectivity index is 2.63. The lowest BCUT2D eigenvalue weighted by Crippen LogP contribution is -2.37. The first-order chi connectivity index (χ1) is 10.3. The molecule has 1 aliphatic carbocycles. The molecule has 0 saturated heterocycles. The van der Waals surface area contributed by atoms with Gasteiger partial charge in [0, 0.05) is 12.0 Å². The third-order valence-electron chi connectivity index (χ3n) is 3.67. The van der Waals surface area contributed by atoms with E-state index >= 15 is 0 Å².